The fraction of sp³-hybridized carbons (Fsp3) is 0.611. The van der Waals surface area contributed by atoms with E-state index >= 15 is 0 Å². The molecule has 0 aromatic heterocycles. The van der Waals surface area contributed by atoms with Crippen LogP contribution in [0.25, 0.3) is 0 Å². The minimum Gasteiger partial charge on any atom is -0.444 e. The summed E-state index contributed by atoms with van der Waals surface area (Å²) in [5, 5.41) is 13.1. The number of alkyl carbamates (subject to hydrolysis) is 1. The molecule has 1 amide bonds. The first kappa shape index (κ1) is 18.5. The smallest absolute Gasteiger partial charge is 0.407 e. The van der Waals surface area contributed by atoms with Gasteiger partial charge in [-0.3, -0.25) is 0 Å². The van der Waals surface area contributed by atoms with Crippen LogP contribution >= 0.6 is 0 Å². The molecule has 0 saturated heterocycles. The highest BCUT2D eigenvalue weighted by Crippen LogP contribution is 2.25. The molecule has 0 heterocycles. The molecule has 1 unspecified atom stereocenters. The first-order valence-electron chi connectivity index (χ1n) is 7.95. The lowest BCUT2D eigenvalue weighted by Crippen LogP contribution is -2.44. The SMILES string of the molecule is CCC(C[C@@H](O)[C@@H](C)NC(=O)OC(C)(C)C)c1ccccc1. The van der Waals surface area contributed by atoms with Crippen molar-refractivity contribution in [2.24, 2.45) is 0 Å². The molecule has 124 valence electrons. The monoisotopic (exact) mass is 307 g/mol. The zero-order chi connectivity index (χ0) is 16.8. The summed E-state index contributed by atoms with van der Waals surface area (Å²) in [5.41, 5.74) is 0.679. The molecule has 0 aliphatic heterocycles. The number of rotatable bonds is 6. The van der Waals surface area contributed by atoms with Gasteiger partial charge < -0.3 is 15.2 Å². The van der Waals surface area contributed by atoms with Crippen LogP contribution < -0.4 is 5.32 Å². The van der Waals surface area contributed by atoms with Crippen molar-refractivity contribution in [2.45, 2.75) is 71.1 Å². The van der Waals surface area contributed by atoms with Crippen molar-refractivity contribution in [2.75, 3.05) is 0 Å². The van der Waals surface area contributed by atoms with Gasteiger partial charge in [0.25, 0.3) is 0 Å². The van der Waals surface area contributed by atoms with Crippen molar-refractivity contribution in [3.05, 3.63) is 35.9 Å². The summed E-state index contributed by atoms with van der Waals surface area (Å²) >= 11 is 0. The zero-order valence-electron chi connectivity index (χ0n) is 14.3. The highest BCUT2D eigenvalue weighted by atomic mass is 16.6. The second kappa shape index (κ2) is 8.18. The quantitative estimate of drug-likeness (QED) is 0.839. The predicted octanol–water partition coefficient (Wildman–Crippen LogP) is 3.84. The van der Waals surface area contributed by atoms with E-state index in [1.807, 2.05) is 39.0 Å². The van der Waals surface area contributed by atoms with Crippen LogP contribution in [0.3, 0.4) is 0 Å². The predicted molar refractivity (Wildman–Crippen MR) is 88.9 cm³/mol. The van der Waals surface area contributed by atoms with E-state index in [1.165, 1.54) is 5.56 Å². The molecule has 1 aromatic carbocycles. The van der Waals surface area contributed by atoms with Crippen molar-refractivity contribution in [1.82, 2.24) is 5.32 Å². The van der Waals surface area contributed by atoms with Gasteiger partial charge in [0.2, 0.25) is 0 Å². The van der Waals surface area contributed by atoms with Crippen LogP contribution in [0.15, 0.2) is 30.3 Å². The van der Waals surface area contributed by atoms with E-state index in [4.69, 9.17) is 4.74 Å². The molecular weight excluding hydrogens is 278 g/mol. The normalized spacial score (nSPS) is 15.7. The third kappa shape index (κ3) is 6.48. The molecule has 0 spiro atoms. The Morgan fingerprint density at radius 1 is 1.27 bits per heavy atom. The minimum absolute atomic E-state index is 0.277. The van der Waals surface area contributed by atoms with E-state index in [1.54, 1.807) is 6.92 Å². The molecule has 0 fully saturated rings. The number of carbonyl (C=O) groups excluding carboxylic acids is 1. The Morgan fingerprint density at radius 2 is 1.86 bits per heavy atom. The third-order valence-electron chi connectivity index (χ3n) is 3.61. The lowest BCUT2D eigenvalue weighted by molar-refractivity contribution is 0.0421. The van der Waals surface area contributed by atoms with Crippen LogP contribution in [0, 0.1) is 0 Å². The van der Waals surface area contributed by atoms with E-state index in [0.29, 0.717) is 6.42 Å². The fourth-order valence-corrected chi connectivity index (χ4v) is 2.35. The van der Waals surface area contributed by atoms with Gasteiger partial charge in [-0.1, -0.05) is 37.3 Å². The first-order valence-corrected chi connectivity index (χ1v) is 7.95. The maximum Gasteiger partial charge on any atom is 0.407 e. The van der Waals surface area contributed by atoms with Crippen LogP contribution in [-0.4, -0.2) is 28.9 Å². The average Bonchev–Trinajstić information content (AvgIpc) is 2.43. The Bertz CT molecular complexity index is 453. The fourth-order valence-electron chi connectivity index (χ4n) is 2.35. The summed E-state index contributed by atoms with van der Waals surface area (Å²) in [7, 11) is 0. The van der Waals surface area contributed by atoms with Crippen molar-refractivity contribution in [3.63, 3.8) is 0 Å². The van der Waals surface area contributed by atoms with Gasteiger partial charge in [-0.15, -0.1) is 0 Å². The van der Waals surface area contributed by atoms with Gasteiger partial charge in [-0.25, -0.2) is 4.79 Å². The summed E-state index contributed by atoms with van der Waals surface area (Å²) < 4.78 is 5.21. The highest BCUT2D eigenvalue weighted by Gasteiger charge is 2.23. The molecule has 0 saturated carbocycles. The molecule has 0 aliphatic carbocycles. The molecule has 1 rings (SSSR count). The van der Waals surface area contributed by atoms with Gasteiger partial charge in [0.05, 0.1) is 12.1 Å². The van der Waals surface area contributed by atoms with Crippen LogP contribution in [0.1, 0.15) is 58.9 Å². The standard InChI is InChI=1S/C18H29NO3/c1-6-14(15-10-8-7-9-11-15)12-16(20)13(2)19-17(21)22-18(3,4)5/h7-11,13-14,16,20H,6,12H2,1-5H3,(H,19,21)/t13-,14?,16-/m1/s1. The maximum atomic E-state index is 11.8. The van der Waals surface area contributed by atoms with Gasteiger partial charge in [-0.2, -0.15) is 0 Å². The van der Waals surface area contributed by atoms with Gasteiger partial charge in [0, 0.05) is 0 Å². The number of aliphatic hydroxyl groups excluding tert-OH is 1. The molecule has 4 heteroatoms. The lowest BCUT2D eigenvalue weighted by Gasteiger charge is -2.26. The van der Waals surface area contributed by atoms with Gasteiger partial charge in [0.1, 0.15) is 5.60 Å². The number of carbonyl (C=O) groups is 1. The molecule has 0 radical (unpaired) electrons. The van der Waals surface area contributed by atoms with Crippen LogP contribution in [-0.2, 0) is 4.74 Å². The van der Waals surface area contributed by atoms with Crippen molar-refractivity contribution >= 4 is 6.09 Å². The number of hydrogen-bond acceptors (Lipinski definition) is 3. The lowest BCUT2D eigenvalue weighted by atomic mass is 9.89. The Morgan fingerprint density at radius 3 is 2.36 bits per heavy atom. The van der Waals surface area contributed by atoms with E-state index in [9.17, 15) is 9.90 Å². The number of ether oxygens (including phenoxy) is 1. The molecule has 22 heavy (non-hydrogen) atoms. The molecule has 0 bridgehead atoms. The van der Waals surface area contributed by atoms with Crippen molar-refractivity contribution in [1.29, 1.82) is 0 Å². The molecule has 2 N–H and O–H groups in total. The van der Waals surface area contributed by atoms with E-state index in [-0.39, 0.29) is 12.0 Å². The second-order valence-electron chi connectivity index (χ2n) is 6.75. The number of hydrogen-bond donors (Lipinski definition) is 2. The van der Waals surface area contributed by atoms with Crippen LogP contribution in [0.2, 0.25) is 0 Å². The number of benzene rings is 1. The summed E-state index contributed by atoms with van der Waals surface area (Å²) in [6.07, 6.45) is 0.446. The largest absolute Gasteiger partial charge is 0.444 e. The zero-order valence-corrected chi connectivity index (χ0v) is 14.3. The van der Waals surface area contributed by atoms with Crippen molar-refractivity contribution < 1.29 is 14.6 Å². The van der Waals surface area contributed by atoms with E-state index < -0.39 is 17.8 Å². The third-order valence-corrected chi connectivity index (χ3v) is 3.61. The Kier molecular flexibility index (Phi) is 6.88. The summed E-state index contributed by atoms with van der Waals surface area (Å²) in [5.74, 6) is 0.277. The van der Waals surface area contributed by atoms with Crippen LogP contribution in [0.4, 0.5) is 4.79 Å². The van der Waals surface area contributed by atoms with Gasteiger partial charge >= 0.3 is 6.09 Å². The highest BCUT2D eigenvalue weighted by molar-refractivity contribution is 5.68. The van der Waals surface area contributed by atoms with E-state index in [2.05, 4.69) is 24.4 Å². The number of aliphatic hydroxyl groups is 1. The number of nitrogens with one attached hydrogen (secondary N) is 1. The first-order chi connectivity index (χ1) is 10.2. The van der Waals surface area contributed by atoms with Crippen molar-refractivity contribution in [3.8, 4) is 0 Å². The Hall–Kier alpha value is -1.55. The maximum absolute atomic E-state index is 11.8. The van der Waals surface area contributed by atoms with E-state index in [0.717, 1.165) is 6.42 Å². The Balaban J connectivity index is 2.55. The second-order valence-corrected chi connectivity index (χ2v) is 6.75. The number of amides is 1. The molecule has 3 atom stereocenters. The topological polar surface area (TPSA) is 58.6 Å². The molecule has 0 aliphatic rings. The van der Waals surface area contributed by atoms with Gasteiger partial charge in [0.15, 0.2) is 0 Å². The summed E-state index contributed by atoms with van der Waals surface area (Å²) in [6.45, 7) is 9.35. The summed E-state index contributed by atoms with van der Waals surface area (Å²) in [4.78, 5) is 11.8. The minimum atomic E-state index is -0.613. The average molecular weight is 307 g/mol. The van der Waals surface area contributed by atoms with Gasteiger partial charge in [-0.05, 0) is 52.0 Å². The molecule has 1 aromatic rings. The summed E-state index contributed by atoms with van der Waals surface area (Å²) in [6, 6.07) is 9.80. The molecule has 4 nitrogen and oxygen atoms in total. The Labute approximate surface area is 133 Å². The van der Waals surface area contributed by atoms with Crippen LogP contribution in [0.5, 0.6) is 0 Å². The molecular formula is C18H29NO3.